The number of carbonyl (C=O) groups is 2. The Kier molecular flexibility index (Phi) is 7.55. The van der Waals surface area contributed by atoms with Gasteiger partial charge in [-0.15, -0.1) is 0 Å². The summed E-state index contributed by atoms with van der Waals surface area (Å²) in [5, 5.41) is 16.3. The summed E-state index contributed by atoms with van der Waals surface area (Å²) in [6, 6.07) is 0. The van der Waals surface area contributed by atoms with Crippen molar-refractivity contribution in [2.75, 3.05) is 0 Å². The van der Waals surface area contributed by atoms with Crippen LogP contribution in [0.4, 0.5) is 0 Å². The van der Waals surface area contributed by atoms with Gasteiger partial charge < -0.3 is 22.9 Å². The molecule has 4 N–H and O–H groups in total. The average Bonchev–Trinajstić information content (AvgIpc) is 1.79. The molecule has 0 spiro atoms. The van der Waals surface area contributed by atoms with E-state index in [0.717, 1.165) is 0 Å². The predicted molar refractivity (Wildman–Crippen MR) is 43.7 cm³/mol. The van der Waals surface area contributed by atoms with E-state index >= 15 is 0 Å². The molecule has 0 radical (unpaired) electrons. The smallest absolute Gasteiger partial charge is 1.00 e. The molecule has 13 heavy (non-hydrogen) atoms. The Labute approximate surface area is 113 Å². The Morgan fingerprint density at radius 3 is 1.77 bits per heavy atom. The number of carboxylic acid groups (broad SMARTS) is 2. The van der Waals surface area contributed by atoms with Gasteiger partial charge in [-0.2, -0.15) is 0 Å². The number of hydrogen-bond donors (Lipinski definition) is 4. The van der Waals surface area contributed by atoms with Crippen LogP contribution in [0.25, 0.3) is 0 Å². The van der Waals surface area contributed by atoms with Crippen LogP contribution in [0.3, 0.4) is 0 Å². The van der Waals surface area contributed by atoms with Gasteiger partial charge in [0.1, 0.15) is 0 Å². The zero-order valence-electron chi connectivity index (χ0n) is 8.45. The second-order valence-corrected chi connectivity index (χ2v) is 3.84. The van der Waals surface area contributed by atoms with Crippen LogP contribution in [0.5, 0.6) is 0 Å². The minimum absolute atomic E-state index is 0. The van der Waals surface area contributed by atoms with E-state index in [9.17, 15) is 14.2 Å². The molecule has 0 fully saturated rings. The monoisotopic (exact) mass is 288 g/mol. The molecule has 0 saturated carbocycles. The number of hydrogen-bond acceptors (Lipinski definition) is 3. The first-order valence-electron chi connectivity index (χ1n) is 2.75. The predicted octanol–water partition coefficient (Wildman–Crippen LogP) is -1.06. The van der Waals surface area contributed by atoms with Crippen molar-refractivity contribution in [1.82, 2.24) is 0 Å². The van der Waals surface area contributed by atoms with Gasteiger partial charge in [0.2, 0.25) is 0 Å². The molecule has 0 aliphatic heterocycles. The number of rotatable bonds is 4. The van der Waals surface area contributed by atoms with Crippen molar-refractivity contribution in [2.24, 2.45) is 0 Å². The Hall–Kier alpha value is 0.571. The summed E-state index contributed by atoms with van der Waals surface area (Å²) in [7, 11) is -4.87. The van der Waals surface area contributed by atoms with Gasteiger partial charge in [-0.1, -0.05) is 0 Å². The van der Waals surface area contributed by atoms with E-state index < -0.39 is 31.6 Å². The molecule has 7 nitrogen and oxygen atoms in total. The van der Waals surface area contributed by atoms with Crippen LogP contribution in [-0.4, -0.2) is 83.1 Å². The third-order valence-corrected chi connectivity index (χ3v) is 2.27. The minimum atomic E-state index is -4.87. The van der Waals surface area contributed by atoms with E-state index in [1.165, 1.54) is 0 Å². The summed E-state index contributed by atoms with van der Waals surface area (Å²) in [4.78, 5) is 36.8. The summed E-state index contributed by atoms with van der Waals surface area (Å²) in [6.07, 6.45) is -1.08. The van der Waals surface area contributed by atoms with Crippen LogP contribution in [0.2, 0.25) is 0 Å². The van der Waals surface area contributed by atoms with Crippen molar-refractivity contribution < 1.29 is 37.0 Å². The van der Waals surface area contributed by atoms with Gasteiger partial charge in [0.05, 0.1) is 6.42 Å². The largest absolute Gasteiger partial charge is 2.00 e. The summed E-state index contributed by atoms with van der Waals surface area (Å²) in [5.74, 6) is -3.38. The summed E-state index contributed by atoms with van der Waals surface area (Å²) < 4.78 is 10.4. The first-order chi connectivity index (χ1) is 5.25. The molecule has 0 aromatic heterocycles. The van der Waals surface area contributed by atoms with Gasteiger partial charge in [-0.25, -0.2) is 0 Å². The van der Waals surface area contributed by atoms with Crippen molar-refractivity contribution in [1.29, 1.82) is 0 Å². The normalized spacial score (nSPS) is 12.8. The zero-order chi connectivity index (χ0) is 9.94. The molecule has 0 aliphatic carbocycles. The first-order valence-corrected chi connectivity index (χ1v) is 4.43. The second kappa shape index (κ2) is 6.13. The molecule has 0 bridgehead atoms. The van der Waals surface area contributed by atoms with Crippen LogP contribution in [0, 0.1) is 0 Å². The molecular weight excluding hydrogens is 279 g/mol. The number of carboxylic acids is 2. The molecule has 0 aromatic carbocycles. The molecule has 0 heterocycles. The van der Waals surface area contributed by atoms with Gasteiger partial charge in [0, 0.05) is 0 Å². The van der Waals surface area contributed by atoms with E-state index in [2.05, 4.69) is 0 Å². The maximum atomic E-state index is 10.4. The van der Waals surface area contributed by atoms with Gasteiger partial charge in [0.15, 0.2) is 5.66 Å². The van der Waals surface area contributed by atoms with Crippen molar-refractivity contribution >= 4 is 65.0 Å². The van der Waals surface area contributed by atoms with Crippen LogP contribution in [0.15, 0.2) is 0 Å². The van der Waals surface area contributed by atoms with E-state index in [1.54, 1.807) is 0 Å². The first kappa shape index (κ1) is 16.0. The molecule has 74 valence electrons. The summed E-state index contributed by atoms with van der Waals surface area (Å²) >= 11 is 0. The van der Waals surface area contributed by atoms with Gasteiger partial charge in [-0.05, 0) is 0 Å². The summed E-state index contributed by atoms with van der Waals surface area (Å²) in [5.41, 5.74) is -2.16. The van der Waals surface area contributed by atoms with Gasteiger partial charge >= 0.3 is 65.0 Å². The van der Waals surface area contributed by atoms with Crippen molar-refractivity contribution in [3.05, 3.63) is 0 Å². The van der Waals surface area contributed by atoms with Crippen molar-refractivity contribution in [3.8, 4) is 0 Å². The average molecular weight is 288 g/mol. The SMILES string of the molecule is O=C(O)CC(C(=O)O)P(=O)(O)O.[H-].[H-].[Sr+2]. The second-order valence-electron chi connectivity index (χ2n) is 2.04. The van der Waals surface area contributed by atoms with Crippen LogP contribution >= 0.6 is 7.60 Å². The van der Waals surface area contributed by atoms with Crippen LogP contribution < -0.4 is 0 Å². The molecule has 0 aromatic rings. The molecule has 1 unspecified atom stereocenters. The van der Waals surface area contributed by atoms with Gasteiger partial charge in [-0.3, -0.25) is 14.2 Å². The quantitative estimate of drug-likeness (QED) is 0.382. The molecule has 0 aliphatic rings. The maximum Gasteiger partial charge on any atom is 2.00 e. The Morgan fingerprint density at radius 2 is 1.69 bits per heavy atom. The van der Waals surface area contributed by atoms with Crippen molar-refractivity contribution in [2.45, 2.75) is 12.1 Å². The minimum Gasteiger partial charge on any atom is -1.00 e. The zero-order valence-corrected chi connectivity index (χ0v) is 10.8. The van der Waals surface area contributed by atoms with Gasteiger partial charge in [0.25, 0.3) is 0 Å². The van der Waals surface area contributed by atoms with Crippen LogP contribution in [0.1, 0.15) is 9.27 Å². The molecule has 0 amide bonds. The number of aliphatic carboxylic acids is 2. The third-order valence-electron chi connectivity index (χ3n) is 1.06. The molecular formula is C4H9O7PSr. The van der Waals surface area contributed by atoms with Crippen LogP contribution in [-0.2, 0) is 14.2 Å². The van der Waals surface area contributed by atoms with Crippen molar-refractivity contribution in [3.63, 3.8) is 0 Å². The Balaban J connectivity index is -0.000000202. The van der Waals surface area contributed by atoms with E-state index in [4.69, 9.17) is 20.0 Å². The molecule has 0 saturated heterocycles. The fourth-order valence-electron chi connectivity index (χ4n) is 0.515. The van der Waals surface area contributed by atoms with E-state index in [-0.39, 0.29) is 48.3 Å². The van der Waals surface area contributed by atoms with E-state index in [0.29, 0.717) is 0 Å². The Morgan fingerprint density at radius 1 is 1.31 bits per heavy atom. The Bertz CT molecular complexity index is 253. The third kappa shape index (κ3) is 6.62. The summed E-state index contributed by atoms with van der Waals surface area (Å²) in [6.45, 7) is 0. The topological polar surface area (TPSA) is 132 Å². The molecule has 0 rings (SSSR count). The fraction of sp³-hybridized carbons (Fsp3) is 0.500. The fourth-order valence-corrected chi connectivity index (χ4v) is 1.20. The maximum absolute atomic E-state index is 10.4. The molecule has 9 heteroatoms. The van der Waals surface area contributed by atoms with E-state index in [1.807, 2.05) is 0 Å². The standard InChI is InChI=1S/C4H7O7P.Sr.2H/c5-3(6)1-2(4(7)8)12(9,10)11;;;/h2H,1H2,(H,5,6)(H,7,8)(H2,9,10,11);;;/q;+2;2*-1. The molecule has 1 atom stereocenters.